The lowest BCUT2D eigenvalue weighted by Gasteiger charge is -2.25. The second kappa shape index (κ2) is 8.37. The van der Waals surface area contributed by atoms with Gasteiger partial charge in [-0.2, -0.15) is 0 Å². The molecule has 4 rings (SSSR count). The molecule has 152 valence electrons. The fourth-order valence-corrected chi connectivity index (χ4v) is 6.99. The minimum absolute atomic E-state index is 0.188. The molecule has 0 aliphatic heterocycles. The van der Waals surface area contributed by atoms with Crippen LogP contribution in [0, 0.1) is 19.3 Å². The van der Waals surface area contributed by atoms with E-state index < -0.39 is 7.92 Å². The predicted molar refractivity (Wildman–Crippen MR) is 135 cm³/mol. The Labute approximate surface area is 183 Å². The molecule has 1 heteroatoms. The molecule has 0 spiro atoms. The Hall–Kier alpha value is -2.43. The summed E-state index contributed by atoms with van der Waals surface area (Å²) in [4.78, 5) is 0. The Morgan fingerprint density at radius 2 is 1.17 bits per heavy atom. The maximum atomic E-state index is 2.43. The molecule has 0 radical (unpaired) electrons. The third kappa shape index (κ3) is 4.07. The van der Waals surface area contributed by atoms with Crippen molar-refractivity contribution < 1.29 is 0 Å². The summed E-state index contributed by atoms with van der Waals surface area (Å²) in [6.07, 6.45) is 5.87. The zero-order valence-electron chi connectivity index (χ0n) is 18.7. The lowest BCUT2D eigenvalue weighted by atomic mass is 9.87. The molecule has 0 N–H and O–H groups in total. The molecule has 0 aromatic heterocycles. The molecule has 0 saturated heterocycles. The highest BCUT2D eigenvalue weighted by Crippen LogP contribution is 2.41. The summed E-state index contributed by atoms with van der Waals surface area (Å²) in [6.45, 7) is 11.4. The van der Waals surface area contributed by atoms with Gasteiger partial charge in [-0.25, -0.2) is 0 Å². The van der Waals surface area contributed by atoms with Crippen LogP contribution < -0.4 is 15.9 Å². The summed E-state index contributed by atoms with van der Waals surface area (Å²) in [7, 11) is -0.631. The van der Waals surface area contributed by atoms with Gasteiger partial charge in [-0.3, -0.25) is 0 Å². The number of rotatable bonds is 4. The van der Waals surface area contributed by atoms with Crippen molar-refractivity contribution in [1.29, 1.82) is 0 Å². The van der Waals surface area contributed by atoms with Crippen LogP contribution in [0.5, 0.6) is 0 Å². The van der Waals surface area contributed by atoms with E-state index in [1.54, 1.807) is 0 Å². The lowest BCUT2D eigenvalue weighted by molar-refractivity contribution is 0.518. The van der Waals surface area contributed by atoms with Crippen molar-refractivity contribution in [2.45, 2.75) is 41.0 Å². The predicted octanol–water partition coefficient (Wildman–Crippen LogP) is 6.82. The normalized spacial score (nSPS) is 14.1. The Kier molecular flexibility index (Phi) is 5.81. The van der Waals surface area contributed by atoms with Crippen LogP contribution >= 0.6 is 7.92 Å². The first-order valence-electron chi connectivity index (χ1n) is 10.8. The second-order valence-corrected chi connectivity index (χ2v) is 11.3. The number of benzene rings is 3. The average molecular weight is 411 g/mol. The molecule has 0 nitrogen and oxygen atoms in total. The molecule has 1 aliphatic rings. The van der Waals surface area contributed by atoms with Gasteiger partial charge in [0, 0.05) is 0 Å². The zero-order valence-corrected chi connectivity index (χ0v) is 19.6. The van der Waals surface area contributed by atoms with Crippen LogP contribution in [0.3, 0.4) is 0 Å². The molecular formula is C29H31P. The highest BCUT2D eigenvalue weighted by Gasteiger charge is 2.25. The highest BCUT2D eigenvalue weighted by atomic mass is 31.1. The van der Waals surface area contributed by atoms with E-state index >= 15 is 0 Å². The minimum atomic E-state index is -0.631. The van der Waals surface area contributed by atoms with E-state index in [9.17, 15) is 0 Å². The molecule has 0 bridgehead atoms. The summed E-state index contributed by atoms with van der Waals surface area (Å²) in [5, 5.41) is 4.37. The van der Waals surface area contributed by atoms with Gasteiger partial charge >= 0.3 is 0 Å². The van der Waals surface area contributed by atoms with Gasteiger partial charge in [0.05, 0.1) is 0 Å². The first-order valence-corrected chi connectivity index (χ1v) is 12.1. The zero-order chi connectivity index (χ0) is 21.3. The smallest absolute Gasteiger partial charge is 0.00756 e. The van der Waals surface area contributed by atoms with Gasteiger partial charge in [0.2, 0.25) is 0 Å². The fraction of sp³-hybridized carbons (Fsp3) is 0.241. The fourth-order valence-electron chi connectivity index (χ4n) is 4.19. The Balaban J connectivity index is 1.91. The number of hydrogen-bond donors (Lipinski definition) is 0. The van der Waals surface area contributed by atoms with Crippen molar-refractivity contribution in [2.24, 2.45) is 5.41 Å². The molecule has 1 aliphatic carbocycles. The minimum Gasteiger partial charge on any atom is -0.0763 e. The van der Waals surface area contributed by atoms with E-state index in [4.69, 9.17) is 0 Å². The van der Waals surface area contributed by atoms with Crippen LogP contribution in [0.4, 0.5) is 0 Å². The van der Waals surface area contributed by atoms with Crippen LogP contribution in [0.25, 0.3) is 5.57 Å². The van der Waals surface area contributed by atoms with E-state index in [-0.39, 0.29) is 5.41 Å². The van der Waals surface area contributed by atoms with E-state index in [0.717, 1.165) is 6.42 Å². The summed E-state index contributed by atoms with van der Waals surface area (Å²) < 4.78 is 0. The Morgan fingerprint density at radius 3 is 1.67 bits per heavy atom. The first-order chi connectivity index (χ1) is 14.4. The molecule has 0 heterocycles. The molecular weight excluding hydrogens is 379 g/mol. The lowest BCUT2D eigenvalue weighted by Crippen LogP contribution is -2.26. The highest BCUT2D eigenvalue weighted by molar-refractivity contribution is 7.80. The molecule has 3 aromatic rings. The first kappa shape index (κ1) is 20.8. The van der Waals surface area contributed by atoms with Crippen molar-refractivity contribution in [3.8, 4) is 0 Å². The van der Waals surface area contributed by atoms with Gasteiger partial charge in [0.25, 0.3) is 0 Å². The number of hydrogen-bond acceptors (Lipinski definition) is 0. The Morgan fingerprint density at radius 1 is 0.667 bits per heavy atom. The molecule has 0 amide bonds. The topological polar surface area (TPSA) is 0 Å². The molecule has 30 heavy (non-hydrogen) atoms. The van der Waals surface area contributed by atoms with Crippen molar-refractivity contribution in [3.63, 3.8) is 0 Å². The maximum Gasteiger partial charge on any atom is -0.00756 e. The molecule has 3 aromatic carbocycles. The van der Waals surface area contributed by atoms with Gasteiger partial charge in [0.15, 0.2) is 0 Å². The van der Waals surface area contributed by atoms with Crippen molar-refractivity contribution >= 4 is 29.4 Å². The number of allylic oxidation sites excluding steroid dienone is 4. The summed E-state index contributed by atoms with van der Waals surface area (Å²) in [5.74, 6) is 0. The maximum absolute atomic E-state index is 2.43. The van der Waals surface area contributed by atoms with Crippen molar-refractivity contribution in [2.75, 3.05) is 0 Å². The summed E-state index contributed by atoms with van der Waals surface area (Å²) in [5.41, 5.74) is 7.23. The van der Waals surface area contributed by atoms with E-state index in [1.165, 1.54) is 43.8 Å². The van der Waals surface area contributed by atoms with Crippen LogP contribution in [0.15, 0.2) is 90.5 Å². The number of aryl methyl sites for hydroxylation is 2. The van der Waals surface area contributed by atoms with Gasteiger partial charge in [-0.1, -0.05) is 106 Å². The molecule has 0 saturated carbocycles. The van der Waals surface area contributed by atoms with Gasteiger partial charge in [-0.05, 0) is 77.4 Å². The third-order valence-corrected chi connectivity index (χ3v) is 8.78. The molecule has 0 fully saturated rings. The quantitative estimate of drug-likeness (QED) is 0.414. The second-order valence-electron chi connectivity index (χ2n) is 9.21. The molecule has 0 atom stereocenters. The monoisotopic (exact) mass is 410 g/mol. The average Bonchev–Trinajstić information content (AvgIpc) is 3.22. The summed E-state index contributed by atoms with van der Waals surface area (Å²) in [6, 6.07) is 26.9. The summed E-state index contributed by atoms with van der Waals surface area (Å²) >= 11 is 0. The van der Waals surface area contributed by atoms with Crippen molar-refractivity contribution in [1.82, 2.24) is 0 Å². The van der Waals surface area contributed by atoms with E-state index in [2.05, 4.69) is 120 Å². The largest absolute Gasteiger partial charge is 0.0763 e. The van der Waals surface area contributed by atoms with Crippen LogP contribution in [0.1, 0.15) is 43.9 Å². The van der Waals surface area contributed by atoms with Crippen LogP contribution in [-0.2, 0) is 0 Å². The Bertz CT molecular complexity index is 1080. The van der Waals surface area contributed by atoms with E-state index in [0.29, 0.717) is 0 Å². The van der Waals surface area contributed by atoms with Crippen LogP contribution in [0.2, 0.25) is 0 Å². The van der Waals surface area contributed by atoms with Gasteiger partial charge in [-0.15, -0.1) is 0 Å². The third-order valence-electron chi connectivity index (χ3n) is 5.94. The molecule has 0 unspecified atom stereocenters. The standard InChI is InChI=1S/C29H31P/c1-21-12-6-9-15-26(21)30(27-16-10-7-13-22(27)2)28-17-11-8-14-25(28)23-18-19-24(20-23)29(3,4)5/h6-17,19-20H,18H2,1-5H3. The van der Waals surface area contributed by atoms with Gasteiger partial charge < -0.3 is 0 Å². The SMILES string of the molecule is Cc1ccccc1P(c1ccccc1C)c1ccccc1C1=CC(C(C)(C)C)=CC1. The van der Waals surface area contributed by atoms with E-state index in [1.807, 2.05) is 0 Å². The van der Waals surface area contributed by atoms with Crippen LogP contribution in [-0.4, -0.2) is 0 Å². The van der Waals surface area contributed by atoms with Crippen molar-refractivity contribution in [3.05, 3.63) is 107 Å². The van der Waals surface area contributed by atoms with Gasteiger partial charge in [0.1, 0.15) is 0 Å².